The van der Waals surface area contributed by atoms with Crippen LogP contribution in [0.15, 0.2) is 22.7 Å². The fraction of sp³-hybridized carbons (Fsp3) is 0.231. The van der Waals surface area contributed by atoms with Crippen LogP contribution < -0.4 is 5.32 Å². The molecule has 0 aliphatic heterocycles. The minimum Gasteiger partial charge on any atom is -0.375 e. The van der Waals surface area contributed by atoms with Gasteiger partial charge in [-0.2, -0.15) is 0 Å². The van der Waals surface area contributed by atoms with Crippen molar-refractivity contribution in [3.63, 3.8) is 0 Å². The SMILES string of the molecule is Cc1noc(C)c1CNc1ccc(C=O)cc1[N+](=O)[O-]. The molecule has 104 valence electrons. The number of hydrogen-bond acceptors (Lipinski definition) is 6. The van der Waals surface area contributed by atoms with Gasteiger partial charge in [-0.05, 0) is 26.0 Å². The van der Waals surface area contributed by atoms with Gasteiger partial charge in [-0.1, -0.05) is 5.16 Å². The summed E-state index contributed by atoms with van der Waals surface area (Å²) in [6.07, 6.45) is 0.574. The standard InChI is InChI=1S/C13H13N3O4/c1-8-11(9(2)20-15-8)6-14-12-4-3-10(7-17)5-13(12)16(18)19/h3-5,7,14H,6H2,1-2H3. The van der Waals surface area contributed by atoms with E-state index in [1.807, 2.05) is 0 Å². The van der Waals surface area contributed by atoms with Gasteiger partial charge in [-0.15, -0.1) is 0 Å². The average Bonchev–Trinajstić information content (AvgIpc) is 2.75. The number of carbonyl (C=O) groups excluding carboxylic acids is 1. The summed E-state index contributed by atoms with van der Waals surface area (Å²) in [5.41, 5.74) is 2.07. The van der Waals surface area contributed by atoms with E-state index >= 15 is 0 Å². The number of nitrogens with one attached hydrogen (secondary N) is 1. The highest BCUT2D eigenvalue weighted by atomic mass is 16.6. The van der Waals surface area contributed by atoms with Crippen LogP contribution in [0.2, 0.25) is 0 Å². The molecule has 1 heterocycles. The van der Waals surface area contributed by atoms with Crippen molar-refractivity contribution < 1.29 is 14.2 Å². The van der Waals surface area contributed by atoms with E-state index in [-0.39, 0.29) is 11.3 Å². The van der Waals surface area contributed by atoms with Crippen molar-refractivity contribution in [3.8, 4) is 0 Å². The molecule has 0 unspecified atom stereocenters. The number of carbonyl (C=O) groups is 1. The second kappa shape index (κ2) is 5.52. The number of aromatic nitrogens is 1. The lowest BCUT2D eigenvalue weighted by atomic mass is 10.1. The molecule has 0 atom stereocenters. The van der Waals surface area contributed by atoms with Gasteiger partial charge in [0, 0.05) is 23.7 Å². The lowest BCUT2D eigenvalue weighted by molar-refractivity contribution is -0.384. The fourth-order valence-electron chi connectivity index (χ4n) is 1.86. The Balaban J connectivity index is 2.25. The topological polar surface area (TPSA) is 98.3 Å². The van der Waals surface area contributed by atoms with Gasteiger partial charge in [0.1, 0.15) is 17.7 Å². The summed E-state index contributed by atoms with van der Waals surface area (Å²) in [4.78, 5) is 21.1. The molecule has 0 saturated carbocycles. The third kappa shape index (κ3) is 2.66. The Bertz CT molecular complexity index is 644. The van der Waals surface area contributed by atoms with E-state index in [4.69, 9.17) is 4.52 Å². The van der Waals surface area contributed by atoms with Gasteiger partial charge in [0.15, 0.2) is 0 Å². The number of nitro benzene ring substituents is 1. The summed E-state index contributed by atoms with van der Waals surface area (Å²) in [5, 5.41) is 17.8. The molecule has 0 aliphatic rings. The molecule has 0 radical (unpaired) electrons. The number of rotatable bonds is 5. The van der Waals surface area contributed by atoms with E-state index in [1.54, 1.807) is 13.8 Å². The van der Waals surface area contributed by atoms with Crippen LogP contribution in [-0.2, 0) is 6.54 Å². The highest BCUT2D eigenvalue weighted by molar-refractivity contribution is 5.79. The molecule has 2 rings (SSSR count). The quantitative estimate of drug-likeness (QED) is 0.511. The summed E-state index contributed by atoms with van der Waals surface area (Å²) in [6, 6.07) is 4.28. The van der Waals surface area contributed by atoms with E-state index in [9.17, 15) is 14.9 Å². The smallest absolute Gasteiger partial charge is 0.293 e. The van der Waals surface area contributed by atoms with Crippen LogP contribution in [0.1, 0.15) is 27.4 Å². The van der Waals surface area contributed by atoms with Crippen molar-refractivity contribution in [1.29, 1.82) is 0 Å². The summed E-state index contributed by atoms with van der Waals surface area (Å²) in [5.74, 6) is 0.669. The highest BCUT2D eigenvalue weighted by Crippen LogP contribution is 2.26. The normalized spacial score (nSPS) is 10.3. The van der Waals surface area contributed by atoms with Crippen molar-refractivity contribution in [3.05, 3.63) is 50.9 Å². The molecule has 0 amide bonds. The second-order valence-electron chi connectivity index (χ2n) is 4.31. The molecule has 0 saturated heterocycles. The van der Waals surface area contributed by atoms with Crippen LogP contribution in [0, 0.1) is 24.0 Å². The van der Waals surface area contributed by atoms with Crippen LogP contribution in [0.25, 0.3) is 0 Å². The molecule has 0 fully saturated rings. The van der Waals surface area contributed by atoms with E-state index in [2.05, 4.69) is 10.5 Å². The average molecular weight is 275 g/mol. The Hall–Kier alpha value is -2.70. The van der Waals surface area contributed by atoms with Gasteiger partial charge in [0.05, 0.1) is 10.6 Å². The number of anilines is 1. The number of nitro groups is 1. The molecular weight excluding hydrogens is 262 g/mol. The third-order valence-electron chi connectivity index (χ3n) is 2.99. The second-order valence-corrected chi connectivity index (χ2v) is 4.31. The molecule has 1 N–H and O–H groups in total. The van der Waals surface area contributed by atoms with Gasteiger partial charge < -0.3 is 9.84 Å². The van der Waals surface area contributed by atoms with Gasteiger partial charge in [0.2, 0.25) is 0 Å². The maximum Gasteiger partial charge on any atom is 0.293 e. The first-order chi connectivity index (χ1) is 9.52. The van der Waals surface area contributed by atoms with E-state index in [0.717, 1.165) is 11.3 Å². The fourth-order valence-corrected chi connectivity index (χ4v) is 1.86. The molecule has 0 aliphatic carbocycles. The van der Waals surface area contributed by atoms with Crippen LogP contribution in [0.5, 0.6) is 0 Å². The summed E-state index contributed by atoms with van der Waals surface area (Å²) in [6.45, 7) is 3.95. The van der Waals surface area contributed by atoms with Gasteiger partial charge in [0.25, 0.3) is 5.69 Å². The van der Waals surface area contributed by atoms with Crippen molar-refractivity contribution in [1.82, 2.24) is 5.16 Å². The predicted molar refractivity (Wildman–Crippen MR) is 71.8 cm³/mol. The molecular formula is C13H13N3O4. The Morgan fingerprint density at radius 3 is 2.75 bits per heavy atom. The number of aldehydes is 1. The lowest BCUT2D eigenvalue weighted by Gasteiger charge is -2.07. The molecule has 0 spiro atoms. The Labute approximate surface area is 114 Å². The van der Waals surface area contributed by atoms with Crippen molar-refractivity contribution >= 4 is 17.7 Å². The first-order valence-electron chi connectivity index (χ1n) is 5.92. The first-order valence-corrected chi connectivity index (χ1v) is 5.92. The summed E-state index contributed by atoms with van der Waals surface area (Å²) in [7, 11) is 0. The summed E-state index contributed by atoms with van der Waals surface area (Å²) < 4.78 is 5.03. The monoisotopic (exact) mass is 275 g/mol. The van der Waals surface area contributed by atoms with Crippen LogP contribution >= 0.6 is 0 Å². The number of nitrogens with zero attached hydrogens (tertiary/aromatic N) is 2. The summed E-state index contributed by atoms with van der Waals surface area (Å²) >= 11 is 0. The zero-order valence-corrected chi connectivity index (χ0v) is 11.0. The molecule has 20 heavy (non-hydrogen) atoms. The molecule has 0 bridgehead atoms. The molecule has 7 heteroatoms. The van der Waals surface area contributed by atoms with Crippen LogP contribution in [0.3, 0.4) is 0 Å². The van der Waals surface area contributed by atoms with Crippen LogP contribution in [0.4, 0.5) is 11.4 Å². The maximum atomic E-state index is 11.0. The Morgan fingerprint density at radius 2 is 2.20 bits per heavy atom. The zero-order chi connectivity index (χ0) is 14.7. The minimum atomic E-state index is -0.525. The molecule has 7 nitrogen and oxygen atoms in total. The Morgan fingerprint density at radius 1 is 1.45 bits per heavy atom. The zero-order valence-electron chi connectivity index (χ0n) is 11.0. The van der Waals surface area contributed by atoms with Gasteiger partial charge >= 0.3 is 0 Å². The maximum absolute atomic E-state index is 11.0. The van der Waals surface area contributed by atoms with Gasteiger partial charge in [-0.3, -0.25) is 14.9 Å². The highest BCUT2D eigenvalue weighted by Gasteiger charge is 2.16. The predicted octanol–water partition coefficient (Wildman–Crippen LogP) is 2.62. The minimum absolute atomic E-state index is 0.138. The molecule has 2 aromatic rings. The number of benzene rings is 1. The molecule has 1 aromatic carbocycles. The largest absolute Gasteiger partial charge is 0.375 e. The Kier molecular flexibility index (Phi) is 3.79. The van der Waals surface area contributed by atoms with E-state index in [0.29, 0.717) is 24.3 Å². The van der Waals surface area contributed by atoms with Crippen molar-refractivity contribution in [2.24, 2.45) is 0 Å². The molecule has 1 aromatic heterocycles. The van der Waals surface area contributed by atoms with E-state index in [1.165, 1.54) is 18.2 Å². The number of aryl methyl sites for hydroxylation is 2. The van der Waals surface area contributed by atoms with Crippen molar-refractivity contribution in [2.45, 2.75) is 20.4 Å². The van der Waals surface area contributed by atoms with E-state index < -0.39 is 4.92 Å². The van der Waals surface area contributed by atoms with Crippen molar-refractivity contribution in [2.75, 3.05) is 5.32 Å². The van der Waals surface area contributed by atoms with Gasteiger partial charge in [-0.25, -0.2) is 0 Å². The number of hydrogen-bond donors (Lipinski definition) is 1. The first kappa shape index (κ1) is 13.7. The van der Waals surface area contributed by atoms with Crippen LogP contribution in [-0.4, -0.2) is 16.4 Å². The third-order valence-corrected chi connectivity index (χ3v) is 2.99. The lowest BCUT2D eigenvalue weighted by Crippen LogP contribution is -2.04.